The van der Waals surface area contributed by atoms with Gasteiger partial charge in [0.15, 0.2) is 10.6 Å². The number of carbonyl (C=O) groups excluding carboxylic acids is 1. The van der Waals surface area contributed by atoms with Crippen molar-refractivity contribution in [3.05, 3.63) is 62.8 Å². The van der Waals surface area contributed by atoms with Gasteiger partial charge in [-0.1, -0.05) is 18.2 Å². The lowest BCUT2D eigenvalue weighted by Gasteiger charge is -2.08. The SMILES string of the molecule is Cc1cccc(-n2c(CNC(=O)c3cccs3)n[nH]c2=S)c1. The zero-order valence-corrected chi connectivity index (χ0v) is 13.5. The van der Waals surface area contributed by atoms with Crippen LogP contribution in [0.3, 0.4) is 0 Å². The summed E-state index contributed by atoms with van der Waals surface area (Å²) in [5.41, 5.74) is 2.06. The lowest BCUT2D eigenvalue weighted by atomic mass is 10.2. The lowest BCUT2D eigenvalue weighted by Crippen LogP contribution is -2.23. The first kappa shape index (κ1) is 14.7. The zero-order chi connectivity index (χ0) is 15.5. The molecule has 2 heterocycles. The molecule has 1 aromatic carbocycles. The van der Waals surface area contributed by atoms with Crippen LogP contribution in [0.1, 0.15) is 21.1 Å². The van der Waals surface area contributed by atoms with Crippen molar-refractivity contribution in [2.24, 2.45) is 0 Å². The van der Waals surface area contributed by atoms with Gasteiger partial charge in [-0.3, -0.25) is 14.5 Å². The Bertz CT molecular complexity index is 849. The molecule has 0 saturated heterocycles. The Balaban J connectivity index is 1.84. The first-order chi connectivity index (χ1) is 10.6. The minimum atomic E-state index is -0.111. The maximum Gasteiger partial charge on any atom is 0.261 e. The van der Waals surface area contributed by atoms with Gasteiger partial charge in [-0.15, -0.1) is 11.3 Å². The van der Waals surface area contributed by atoms with Crippen molar-refractivity contribution in [2.75, 3.05) is 0 Å². The second kappa shape index (κ2) is 6.25. The lowest BCUT2D eigenvalue weighted by molar-refractivity contribution is 0.0953. The number of aryl methyl sites for hydroxylation is 1. The van der Waals surface area contributed by atoms with E-state index in [2.05, 4.69) is 15.5 Å². The van der Waals surface area contributed by atoms with Crippen molar-refractivity contribution in [1.29, 1.82) is 0 Å². The highest BCUT2D eigenvalue weighted by Crippen LogP contribution is 2.13. The molecule has 0 aliphatic heterocycles. The molecule has 0 atom stereocenters. The molecule has 0 spiro atoms. The fourth-order valence-electron chi connectivity index (χ4n) is 2.14. The number of amides is 1. The number of hydrogen-bond donors (Lipinski definition) is 2. The second-order valence-electron chi connectivity index (χ2n) is 4.78. The third-order valence-corrected chi connectivity index (χ3v) is 4.30. The van der Waals surface area contributed by atoms with Gasteiger partial charge in [0.1, 0.15) is 0 Å². The van der Waals surface area contributed by atoms with Gasteiger partial charge in [-0.2, -0.15) is 5.10 Å². The molecule has 1 amide bonds. The molecule has 0 fully saturated rings. The highest BCUT2D eigenvalue weighted by Gasteiger charge is 2.11. The van der Waals surface area contributed by atoms with Crippen LogP contribution >= 0.6 is 23.6 Å². The van der Waals surface area contributed by atoms with Gasteiger partial charge in [0.2, 0.25) is 0 Å². The summed E-state index contributed by atoms with van der Waals surface area (Å²) in [7, 11) is 0. The topological polar surface area (TPSA) is 62.7 Å². The Morgan fingerprint density at radius 2 is 2.27 bits per heavy atom. The van der Waals surface area contributed by atoms with Crippen molar-refractivity contribution < 1.29 is 4.79 Å². The summed E-state index contributed by atoms with van der Waals surface area (Å²) in [6, 6.07) is 11.6. The van der Waals surface area contributed by atoms with Crippen molar-refractivity contribution in [1.82, 2.24) is 20.1 Å². The highest BCUT2D eigenvalue weighted by molar-refractivity contribution is 7.71. The Morgan fingerprint density at radius 3 is 3.00 bits per heavy atom. The van der Waals surface area contributed by atoms with E-state index in [0.717, 1.165) is 11.3 Å². The van der Waals surface area contributed by atoms with Crippen LogP contribution in [0.2, 0.25) is 0 Å². The van der Waals surface area contributed by atoms with Gasteiger partial charge in [-0.25, -0.2) is 0 Å². The van der Waals surface area contributed by atoms with E-state index < -0.39 is 0 Å². The summed E-state index contributed by atoms with van der Waals surface area (Å²) in [6.07, 6.45) is 0. The van der Waals surface area contributed by atoms with Crippen molar-refractivity contribution in [3.63, 3.8) is 0 Å². The molecule has 2 N–H and O–H groups in total. The summed E-state index contributed by atoms with van der Waals surface area (Å²) < 4.78 is 2.34. The van der Waals surface area contributed by atoms with E-state index in [9.17, 15) is 4.79 Å². The van der Waals surface area contributed by atoms with Gasteiger partial charge in [0.05, 0.1) is 11.4 Å². The van der Waals surface area contributed by atoms with Gasteiger partial charge in [-0.05, 0) is 48.3 Å². The largest absolute Gasteiger partial charge is 0.344 e. The second-order valence-corrected chi connectivity index (χ2v) is 6.11. The number of thiophene rings is 1. The smallest absolute Gasteiger partial charge is 0.261 e. The quantitative estimate of drug-likeness (QED) is 0.722. The third-order valence-electron chi connectivity index (χ3n) is 3.15. The maximum absolute atomic E-state index is 12.0. The fourth-order valence-corrected chi connectivity index (χ4v) is 3.03. The highest BCUT2D eigenvalue weighted by atomic mass is 32.1. The van der Waals surface area contributed by atoms with Gasteiger partial charge in [0, 0.05) is 5.69 Å². The van der Waals surface area contributed by atoms with Crippen LogP contribution in [-0.2, 0) is 6.54 Å². The number of H-pyrrole nitrogens is 1. The van der Waals surface area contributed by atoms with E-state index >= 15 is 0 Å². The van der Waals surface area contributed by atoms with Crippen molar-refractivity contribution >= 4 is 29.5 Å². The van der Waals surface area contributed by atoms with Crippen LogP contribution in [0.25, 0.3) is 5.69 Å². The predicted octanol–water partition coefficient (Wildman–Crippen LogP) is 3.23. The molecule has 0 radical (unpaired) electrons. The average Bonchev–Trinajstić information content (AvgIpc) is 3.14. The molecule has 2 aromatic heterocycles. The fraction of sp³-hybridized carbons (Fsp3) is 0.133. The molecule has 0 aliphatic rings. The standard InChI is InChI=1S/C15H14N4OS2/c1-10-4-2-5-11(8-10)19-13(17-18-15(19)21)9-16-14(20)12-6-3-7-22-12/h2-8H,9H2,1H3,(H,16,20)(H,18,21). The maximum atomic E-state index is 12.0. The number of aromatic amines is 1. The van der Waals surface area contributed by atoms with Crippen LogP contribution in [0.4, 0.5) is 0 Å². The first-order valence-electron chi connectivity index (χ1n) is 6.70. The Hall–Kier alpha value is -2.25. The van der Waals surface area contributed by atoms with Crippen molar-refractivity contribution in [2.45, 2.75) is 13.5 Å². The van der Waals surface area contributed by atoms with E-state index in [4.69, 9.17) is 12.2 Å². The number of rotatable bonds is 4. The van der Waals surface area contributed by atoms with Crippen LogP contribution in [0, 0.1) is 11.7 Å². The molecule has 0 aliphatic carbocycles. The first-order valence-corrected chi connectivity index (χ1v) is 7.99. The normalized spacial score (nSPS) is 10.6. The van der Waals surface area contributed by atoms with Gasteiger partial charge in [0.25, 0.3) is 5.91 Å². The Labute approximate surface area is 136 Å². The van der Waals surface area contributed by atoms with Crippen molar-refractivity contribution in [3.8, 4) is 5.69 Å². The van der Waals surface area contributed by atoms with E-state index in [1.54, 1.807) is 6.07 Å². The van der Waals surface area contributed by atoms with Gasteiger partial charge >= 0.3 is 0 Å². The van der Waals surface area contributed by atoms with Gasteiger partial charge < -0.3 is 5.32 Å². The van der Waals surface area contributed by atoms with Crippen LogP contribution < -0.4 is 5.32 Å². The number of aromatic nitrogens is 3. The molecule has 0 saturated carbocycles. The Morgan fingerprint density at radius 1 is 1.41 bits per heavy atom. The van der Waals surface area contributed by atoms with Crippen LogP contribution in [-0.4, -0.2) is 20.7 Å². The molecule has 3 rings (SSSR count). The molecule has 7 heteroatoms. The molecule has 0 unspecified atom stereocenters. The van der Waals surface area contributed by atoms with Crippen LogP contribution in [0.5, 0.6) is 0 Å². The number of nitrogens with zero attached hydrogens (tertiary/aromatic N) is 2. The zero-order valence-electron chi connectivity index (χ0n) is 11.9. The van der Waals surface area contributed by atoms with E-state index in [1.165, 1.54) is 11.3 Å². The summed E-state index contributed by atoms with van der Waals surface area (Å²) in [5.74, 6) is 0.556. The summed E-state index contributed by atoms with van der Waals surface area (Å²) in [6.45, 7) is 2.32. The molecule has 0 bridgehead atoms. The minimum Gasteiger partial charge on any atom is -0.344 e. The summed E-state index contributed by atoms with van der Waals surface area (Å²) in [4.78, 5) is 12.7. The number of benzene rings is 1. The van der Waals surface area contributed by atoms with E-state index in [1.807, 2.05) is 47.2 Å². The number of carbonyl (C=O) groups is 1. The number of hydrogen-bond acceptors (Lipinski definition) is 4. The van der Waals surface area contributed by atoms with Crippen LogP contribution in [0.15, 0.2) is 41.8 Å². The molecule has 3 aromatic rings. The molecule has 22 heavy (non-hydrogen) atoms. The van der Waals surface area contributed by atoms with E-state index in [-0.39, 0.29) is 5.91 Å². The average molecular weight is 330 g/mol. The summed E-state index contributed by atoms with van der Waals surface area (Å²) >= 11 is 6.70. The number of nitrogens with one attached hydrogen (secondary N) is 2. The summed E-state index contributed by atoms with van der Waals surface area (Å²) in [5, 5.41) is 11.7. The molecule has 112 valence electrons. The van der Waals surface area contributed by atoms with E-state index in [0.29, 0.717) is 22.0 Å². The molecular weight excluding hydrogens is 316 g/mol. The predicted molar refractivity (Wildman–Crippen MR) is 89.0 cm³/mol. The minimum absolute atomic E-state index is 0.111. The molecular formula is C15H14N4OS2. The monoisotopic (exact) mass is 330 g/mol. The third kappa shape index (κ3) is 3.00. The molecule has 5 nitrogen and oxygen atoms in total. The Kier molecular flexibility index (Phi) is 4.17.